The number of hydrogen-bond donors (Lipinski definition) is 17. The maximum absolute atomic E-state index is 14.1. The molecule has 4 saturated heterocycles. The first-order valence-electron chi connectivity index (χ1n) is 41.5. The van der Waals surface area contributed by atoms with E-state index in [-0.39, 0.29) is 197 Å². The fourth-order valence-electron chi connectivity index (χ4n) is 13.9. The molecule has 35 nitrogen and oxygen atoms in total. The number of aliphatic hydroxyl groups is 11. The number of ketones is 1. The van der Waals surface area contributed by atoms with E-state index in [4.69, 9.17) is 47.7 Å². The number of nitrogens with one attached hydrogen (secondary N) is 6. The highest BCUT2D eigenvalue weighted by Crippen LogP contribution is 2.32. The van der Waals surface area contributed by atoms with Crippen LogP contribution in [0, 0.1) is 23.2 Å². The third-order valence-electron chi connectivity index (χ3n) is 21.1. The largest absolute Gasteiger partial charge is 0.396 e. The molecule has 0 bridgehead atoms. The number of carbonyl (C=O) groups is 8. The molecule has 656 valence electrons. The highest BCUT2D eigenvalue weighted by molar-refractivity contribution is 5.80. The first kappa shape index (κ1) is 101. The third-order valence-corrected chi connectivity index (χ3v) is 21.1. The van der Waals surface area contributed by atoms with Gasteiger partial charge in [0.25, 0.3) is 0 Å². The van der Waals surface area contributed by atoms with Crippen molar-refractivity contribution in [2.75, 3.05) is 132 Å². The zero-order valence-corrected chi connectivity index (χ0v) is 67.3. The molecule has 0 saturated carbocycles. The molecule has 17 atom stereocenters. The second-order valence-electron chi connectivity index (χ2n) is 30.7. The van der Waals surface area contributed by atoms with Crippen LogP contribution in [-0.4, -0.2) is 326 Å². The Morgan fingerprint density at radius 2 is 0.699 bits per heavy atom. The number of β-amino-alcohol motifs (C(OH)–C–C–N with tert-alkyl or cyclic N) is 1. The normalized spacial score (nSPS) is 26.3. The second kappa shape index (κ2) is 58.9. The van der Waals surface area contributed by atoms with E-state index < -0.39 is 123 Å². The number of Topliss-reactive ketones (excluding diaryl/α,β-unsaturated/α-hetero) is 1. The smallest absolute Gasteiger partial charge is 0.222 e. The molecule has 0 radical (unpaired) electrons. The summed E-state index contributed by atoms with van der Waals surface area (Å²) in [5.41, 5.74) is -1.15. The molecule has 0 aromatic rings. The Balaban J connectivity index is 1.28. The number of rotatable bonds is 64. The van der Waals surface area contributed by atoms with Crippen molar-refractivity contribution in [3.8, 4) is 0 Å². The maximum atomic E-state index is 14.1. The molecule has 7 amide bonds. The van der Waals surface area contributed by atoms with Gasteiger partial charge in [-0.1, -0.05) is 72.1 Å². The quantitative estimate of drug-likeness (QED) is 0.0339. The fraction of sp³-hybridized carbons (Fsp3) is 0.897. The van der Waals surface area contributed by atoms with Crippen LogP contribution in [0.1, 0.15) is 207 Å². The molecule has 113 heavy (non-hydrogen) atoms. The molecule has 16 unspecified atom stereocenters. The lowest BCUT2D eigenvalue weighted by molar-refractivity contribution is -0.282. The summed E-state index contributed by atoms with van der Waals surface area (Å²) in [5.74, 6) is -3.39. The molecule has 4 aliphatic heterocycles. The Kier molecular flexibility index (Phi) is 52.4. The van der Waals surface area contributed by atoms with Crippen LogP contribution in [0.3, 0.4) is 0 Å². The van der Waals surface area contributed by atoms with Crippen molar-refractivity contribution < 1.29 is 137 Å². The molecule has 0 aromatic heterocycles. The van der Waals surface area contributed by atoms with Gasteiger partial charge in [-0.3, -0.25) is 38.4 Å². The third kappa shape index (κ3) is 40.5. The number of amides is 7. The SMILES string of the molecule is CC1C(OCCCCC(=O)NCCCNC(=O)CCOCC(COCCC(=O)NCCCNC(=O)CCCCOC2OC(CO)C(O)C(O)C2C)(COCCC(=O)NCCCNC(=O)CCOC2OC(CO)C(O)C(O)C2C)CC(=O)CCCCCCCCCCC(=O)N2C[C@H](O)CC2CCCCCO)OC(CO)C(O)C1O. The Labute approximate surface area is 666 Å². The predicted molar refractivity (Wildman–Crippen MR) is 409 cm³/mol. The lowest BCUT2D eigenvalue weighted by atomic mass is 9.84. The van der Waals surface area contributed by atoms with E-state index in [1.165, 1.54) is 0 Å². The van der Waals surface area contributed by atoms with E-state index in [2.05, 4.69) is 31.9 Å². The van der Waals surface area contributed by atoms with E-state index in [1.54, 1.807) is 20.8 Å². The number of aliphatic hydroxyl groups excluding tert-OH is 11. The monoisotopic (exact) mass is 1620 g/mol. The fourth-order valence-corrected chi connectivity index (χ4v) is 13.9. The molecule has 35 heteroatoms. The Hall–Kier alpha value is -4.84. The van der Waals surface area contributed by atoms with E-state index in [1.807, 2.05) is 4.90 Å². The van der Waals surface area contributed by atoms with Crippen LogP contribution in [0.5, 0.6) is 0 Å². The molecule has 17 N–H and O–H groups in total. The van der Waals surface area contributed by atoms with Crippen LogP contribution in [0.4, 0.5) is 0 Å². The van der Waals surface area contributed by atoms with Gasteiger partial charge in [0.1, 0.15) is 42.4 Å². The van der Waals surface area contributed by atoms with Crippen LogP contribution in [0.2, 0.25) is 0 Å². The van der Waals surface area contributed by atoms with E-state index in [0.717, 1.165) is 70.6 Å². The van der Waals surface area contributed by atoms with E-state index in [9.17, 15) is 89.4 Å². The molecule has 4 rings (SSSR count). The minimum absolute atomic E-state index is 0.0353. The summed E-state index contributed by atoms with van der Waals surface area (Å²) in [6, 6.07) is 0.0353. The Bertz CT molecular complexity index is 2550. The molecule has 4 aliphatic rings. The molecular formula is C78H141N7O28. The van der Waals surface area contributed by atoms with E-state index >= 15 is 0 Å². The summed E-state index contributed by atoms with van der Waals surface area (Å²) in [4.78, 5) is 106. The van der Waals surface area contributed by atoms with Crippen LogP contribution in [-0.2, 0) is 81.0 Å². The molecule has 4 fully saturated rings. The molecule has 0 spiro atoms. The van der Waals surface area contributed by atoms with Gasteiger partial charge in [0.15, 0.2) is 18.9 Å². The number of carbonyl (C=O) groups excluding carboxylic acids is 8. The van der Waals surface area contributed by atoms with Gasteiger partial charge in [-0.2, -0.15) is 0 Å². The number of hydrogen-bond acceptors (Lipinski definition) is 28. The van der Waals surface area contributed by atoms with Crippen molar-refractivity contribution in [2.24, 2.45) is 23.2 Å². The average Bonchev–Trinajstić information content (AvgIpc) is 1.50. The summed E-state index contributed by atoms with van der Waals surface area (Å²) in [7, 11) is 0. The van der Waals surface area contributed by atoms with Crippen molar-refractivity contribution in [3.63, 3.8) is 0 Å². The molecule has 4 heterocycles. The van der Waals surface area contributed by atoms with Crippen LogP contribution in [0.15, 0.2) is 0 Å². The van der Waals surface area contributed by atoms with Crippen molar-refractivity contribution in [1.29, 1.82) is 0 Å². The van der Waals surface area contributed by atoms with Gasteiger partial charge in [0.2, 0.25) is 41.4 Å². The van der Waals surface area contributed by atoms with Crippen LogP contribution >= 0.6 is 0 Å². The van der Waals surface area contributed by atoms with Gasteiger partial charge < -0.3 is 136 Å². The highest BCUT2D eigenvalue weighted by Gasteiger charge is 2.45. The van der Waals surface area contributed by atoms with Gasteiger partial charge in [-0.05, 0) is 77.0 Å². The summed E-state index contributed by atoms with van der Waals surface area (Å²) in [5, 5.41) is 126. The van der Waals surface area contributed by atoms with Crippen LogP contribution in [0.25, 0.3) is 0 Å². The Morgan fingerprint density at radius 3 is 1.07 bits per heavy atom. The Morgan fingerprint density at radius 1 is 0.372 bits per heavy atom. The zero-order chi connectivity index (χ0) is 82.8. The summed E-state index contributed by atoms with van der Waals surface area (Å²) in [6.07, 6.45) is 1.63. The first-order chi connectivity index (χ1) is 54.4. The second-order valence-corrected chi connectivity index (χ2v) is 30.7. The first-order valence-corrected chi connectivity index (χ1v) is 41.5. The van der Waals surface area contributed by atoms with Crippen molar-refractivity contribution >= 4 is 47.1 Å². The van der Waals surface area contributed by atoms with E-state index in [0.29, 0.717) is 83.8 Å². The average molecular weight is 1630 g/mol. The lowest BCUT2D eigenvalue weighted by Crippen LogP contribution is -2.55. The minimum Gasteiger partial charge on any atom is -0.396 e. The number of ether oxygens (including phenoxy) is 9. The van der Waals surface area contributed by atoms with Crippen molar-refractivity contribution in [3.05, 3.63) is 0 Å². The maximum Gasteiger partial charge on any atom is 0.222 e. The number of unbranched alkanes of at least 4 members (excludes halogenated alkanes) is 11. The van der Waals surface area contributed by atoms with Gasteiger partial charge >= 0.3 is 0 Å². The minimum atomic E-state index is -1.28. The van der Waals surface area contributed by atoms with Crippen molar-refractivity contribution in [1.82, 2.24) is 36.8 Å². The zero-order valence-electron chi connectivity index (χ0n) is 67.3. The topological polar surface area (TPSA) is 518 Å². The number of likely N-dealkylation sites (tertiary alicyclic amines) is 1. The summed E-state index contributed by atoms with van der Waals surface area (Å²) < 4.78 is 52.4. The molecule has 0 aliphatic carbocycles. The van der Waals surface area contributed by atoms with Gasteiger partial charge in [0, 0.05) is 146 Å². The summed E-state index contributed by atoms with van der Waals surface area (Å²) in [6.45, 7) is 5.46. The van der Waals surface area contributed by atoms with Gasteiger partial charge in [-0.15, -0.1) is 0 Å². The summed E-state index contributed by atoms with van der Waals surface area (Å²) >= 11 is 0. The van der Waals surface area contributed by atoms with Crippen molar-refractivity contribution in [2.45, 2.75) is 293 Å². The van der Waals surface area contributed by atoms with Gasteiger partial charge in [-0.25, -0.2) is 0 Å². The molecule has 0 aromatic carbocycles. The van der Waals surface area contributed by atoms with Gasteiger partial charge in [0.05, 0.1) is 96.9 Å². The standard InChI is InChI=1S/C78H141N7O28/c1-53-69(99)72(102)59(47-87)111-75(53)108-38-17-14-24-62(92)79-31-19-33-81-64(94)27-40-105-50-78(45-57(90)23-12-8-6-4-5-7-9-13-26-68(98)85-46-58(91)44-56(85)22-11-10-16-37-86,52-107-42-29-66(96)83-35-21-36-84-67(97)30-43-110-77-55(3)71(101)74(104)61(49-89)113-77)51-106-41-28-65(95)82-34-20-32-80-63(93)25-15-18-39-109-76-54(2)70(100)73(103)60(48-88)112-76/h53-56,58-61,69-77,86-89,91,99-104H,4-52H2,1-3H3,(H,79,92)(H,80,93)(H,81,94)(H,82,95)(H,83,96)(H,84,97)/t53?,54?,55?,56?,58-,59?,60?,61?,69?,70?,71?,72?,73?,74?,75?,76?,77?,78?/m1/s1. The lowest BCUT2D eigenvalue weighted by Gasteiger charge is -2.40. The molecular weight excluding hydrogens is 1480 g/mol. The highest BCUT2D eigenvalue weighted by atomic mass is 16.7. The number of nitrogens with zero attached hydrogens (tertiary/aromatic N) is 1. The predicted octanol–water partition coefficient (Wildman–Crippen LogP) is -0.559. The van der Waals surface area contributed by atoms with Crippen LogP contribution < -0.4 is 31.9 Å².